The van der Waals surface area contributed by atoms with Crippen molar-refractivity contribution < 1.29 is 9.59 Å². The zero-order valence-electron chi connectivity index (χ0n) is 15.2. The number of amides is 2. The van der Waals surface area contributed by atoms with Gasteiger partial charge in [0.25, 0.3) is 5.91 Å². The Kier molecular flexibility index (Phi) is 4.76. The molecule has 0 radical (unpaired) electrons. The number of nitrogens with one attached hydrogen (secondary N) is 4. The molecule has 1 aromatic carbocycles. The second-order valence-corrected chi connectivity index (χ2v) is 6.66. The number of rotatable bonds is 6. The molecule has 0 saturated heterocycles. The lowest BCUT2D eigenvalue weighted by atomic mass is 9.93. The van der Waals surface area contributed by atoms with Crippen LogP contribution in [0, 0.1) is 0 Å². The summed E-state index contributed by atoms with van der Waals surface area (Å²) in [7, 11) is 0. The summed E-state index contributed by atoms with van der Waals surface area (Å²) in [5.41, 5.74) is 2.90. The van der Waals surface area contributed by atoms with Gasteiger partial charge in [-0.15, -0.1) is 0 Å². The minimum atomic E-state index is -0.284. The van der Waals surface area contributed by atoms with Crippen molar-refractivity contribution in [2.75, 3.05) is 10.6 Å². The van der Waals surface area contributed by atoms with Gasteiger partial charge in [-0.2, -0.15) is 0 Å². The first-order chi connectivity index (χ1) is 13.6. The van der Waals surface area contributed by atoms with Crippen molar-refractivity contribution in [2.45, 2.75) is 25.3 Å². The van der Waals surface area contributed by atoms with E-state index in [0.29, 0.717) is 28.2 Å². The SMILES string of the molecule is C=CC(=O)Nc1cccc(Nc2cnc3[nH]cc(C(=O)NC4CCC4)c3n2)c1. The number of hydrogen-bond donors (Lipinski definition) is 4. The normalized spacial score (nSPS) is 13.6. The average Bonchev–Trinajstić information content (AvgIpc) is 3.08. The molecule has 4 N–H and O–H groups in total. The largest absolute Gasteiger partial charge is 0.349 e. The van der Waals surface area contributed by atoms with Crippen molar-refractivity contribution in [3.8, 4) is 0 Å². The van der Waals surface area contributed by atoms with Gasteiger partial charge in [-0.25, -0.2) is 9.97 Å². The van der Waals surface area contributed by atoms with Crippen LogP contribution in [0.25, 0.3) is 11.2 Å². The molecule has 0 unspecified atom stereocenters. The quantitative estimate of drug-likeness (QED) is 0.494. The fourth-order valence-corrected chi connectivity index (χ4v) is 2.96. The summed E-state index contributed by atoms with van der Waals surface area (Å²) in [5, 5.41) is 8.87. The average molecular weight is 376 g/mol. The van der Waals surface area contributed by atoms with Crippen LogP contribution in [0.5, 0.6) is 0 Å². The molecule has 28 heavy (non-hydrogen) atoms. The molecule has 1 aliphatic carbocycles. The number of carbonyl (C=O) groups excluding carboxylic acids is 2. The Morgan fingerprint density at radius 2 is 2.07 bits per heavy atom. The third-order valence-corrected chi connectivity index (χ3v) is 4.65. The smallest absolute Gasteiger partial charge is 0.255 e. The zero-order chi connectivity index (χ0) is 19.5. The number of fused-ring (bicyclic) bond motifs is 1. The molecule has 1 fully saturated rings. The molecule has 2 heterocycles. The van der Waals surface area contributed by atoms with Crippen LogP contribution in [0.4, 0.5) is 17.2 Å². The second-order valence-electron chi connectivity index (χ2n) is 6.66. The maximum atomic E-state index is 12.5. The highest BCUT2D eigenvalue weighted by molar-refractivity contribution is 6.05. The molecule has 0 bridgehead atoms. The Labute approximate surface area is 161 Å². The fourth-order valence-electron chi connectivity index (χ4n) is 2.96. The molecule has 8 heteroatoms. The number of benzene rings is 1. The van der Waals surface area contributed by atoms with E-state index in [1.165, 1.54) is 6.08 Å². The van der Waals surface area contributed by atoms with Gasteiger partial charge in [-0.05, 0) is 43.5 Å². The highest BCUT2D eigenvalue weighted by atomic mass is 16.2. The Morgan fingerprint density at radius 3 is 2.82 bits per heavy atom. The van der Waals surface area contributed by atoms with Gasteiger partial charge in [0.2, 0.25) is 5.91 Å². The Hall–Kier alpha value is -3.68. The topological polar surface area (TPSA) is 112 Å². The lowest BCUT2D eigenvalue weighted by Crippen LogP contribution is -2.39. The fraction of sp³-hybridized carbons (Fsp3) is 0.200. The molecule has 0 atom stereocenters. The van der Waals surface area contributed by atoms with E-state index in [-0.39, 0.29) is 17.9 Å². The first kappa shape index (κ1) is 17.7. The number of aromatic nitrogens is 3. The van der Waals surface area contributed by atoms with Gasteiger partial charge in [0, 0.05) is 23.6 Å². The van der Waals surface area contributed by atoms with Gasteiger partial charge in [-0.3, -0.25) is 9.59 Å². The Balaban J connectivity index is 1.55. The van der Waals surface area contributed by atoms with E-state index in [1.54, 1.807) is 30.6 Å². The van der Waals surface area contributed by atoms with Crippen molar-refractivity contribution in [3.63, 3.8) is 0 Å². The first-order valence-corrected chi connectivity index (χ1v) is 9.08. The number of H-pyrrole nitrogens is 1. The predicted octanol–water partition coefficient (Wildman–Crippen LogP) is 3.11. The van der Waals surface area contributed by atoms with Gasteiger partial charge in [0.1, 0.15) is 11.3 Å². The van der Waals surface area contributed by atoms with Crippen LogP contribution in [-0.4, -0.2) is 32.8 Å². The van der Waals surface area contributed by atoms with Crippen LogP contribution in [0.1, 0.15) is 29.6 Å². The third kappa shape index (κ3) is 3.71. The van der Waals surface area contributed by atoms with E-state index in [0.717, 1.165) is 24.9 Å². The van der Waals surface area contributed by atoms with Crippen molar-refractivity contribution in [1.29, 1.82) is 0 Å². The molecular formula is C20H20N6O2. The molecule has 2 amide bonds. The van der Waals surface area contributed by atoms with Crippen molar-refractivity contribution in [1.82, 2.24) is 20.3 Å². The number of hydrogen-bond acceptors (Lipinski definition) is 5. The maximum Gasteiger partial charge on any atom is 0.255 e. The summed E-state index contributed by atoms with van der Waals surface area (Å²) >= 11 is 0. The number of anilines is 3. The van der Waals surface area contributed by atoms with Crippen LogP contribution < -0.4 is 16.0 Å². The molecule has 1 aliphatic rings. The number of carbonyl (C=O) groups is 2. The Bertz CT molecular complexity index is 1050. The molecule has 142 valence electrons. The number of aromatic amines is 1. The maximum absolute atomic E-state index is 12.5. The summed E-state index contributed by atoms with van der Waals surface area (Å²) in [4.78, 5) is 35.8. The molecule has 1 saturated carbocycles. The van der Waals surface area contributed by atoms with E-state index >= 15 is 0 Å². The van der Waals surface area contributed by atoms with E-state index in [1.807, 2.05) is 6.07 Å². The minimum Gasteiger partial charge on any atom is -0.349 e. The lowest BCUT2D eigenvalue weighted by molar-refractivity contribution is -0.111. The molecule has 8 nitrogen and oxygen atoms in total. The Morgan fingerprint density at radius 1 is 1.25 bits per heavy atom. The summed E-state index contributed by atoms with van der Waals surface area (Å²) in [6.07, 6.45) is 7.62. The van der Waals surface area contributed by atoms with Gasteiger partial charge >= 0.3 is 0 Å². The van der Waals surface area contributed by atoms with Gasteiger partial charge in [0.15, 0.2) is 5.65 Å². The molecule has 0 aliphatic heterocycles. The zero-order valence-corrected chi connectivity index (χ0v) is 15.2. The third-order valence-electron chi connectivity index (χ3n) is 4.65. The summed E-state index contributed by atoms with van der Waals surface area (Å²) in [6, 6.07) is 7.45. The van der Waals surface area contributed by atoms with E-state index in [4.69, 9.17) is 0 Å². The molecule has 2 aromatic heterocycles. The van der Waals surface area contributed by atoms with Gasteiger partial charge < -0.3 is 20.9 Å². The summed E-state index contributed by atoms with van der Waals surface area (Å²) in [5.74, 6) is 0.0707. The molecule has 4 rings (SSSR count). The van der Waals surface area contributed by atoms with E-state index in [2.05, 4.69) is 37.5 Å². The van der Waals surface area contributed by atoms with Crippen LogP contribution in [0.2, 0.25) is 0 Å². The monoisotopic (exact) mass is 376 g/mol. The highest BCUT2D eigenvalue weighted by Crippen LogP contribution is 2.23. The van der Waals surface area contributed by atoms with Gasteiger partial charge in [0.05, 0.1) is 11.8 Å². The van der Waals surface area contributed by atoms with Crippen LogP contribution in [-0.2, 0) is 4.79 Å². The minimum absolute atomic E-state index is 0.142. The van der Waals surface area contributed by atoms with E-state index < -0.39 is 0 Å². The van der Waals surface area contributed by atoms with Crippen molar-refractivity contribution >= 4 is 40.2 Å². The van der Waals surface area contributed by atoms with Crippen molar-refractivity contribution in [3.05, 3.63) is 54.9 Å². The highest BCUT2D eigenvalue weighted by Gasteiger charge is 2.22. The first-order valence-electron chi connectivity index (χ1n) is 9.08. The number of nitrogens with zero attached hydrogens (tertiary/aromatic N) is 2. The second kappa shape index (κ2) is 7.51. The van der Waals surface area contributed by atoms with Gasteiger partial charge in [-0.1, -0.05) is 12.6 Å². The molecule has 0 spiro atoms. The summed E-state index contributed by atoms with van der Waals surface area (Å²) in [6.45, 7) is 3.44. The van der Waals surface area contributed by atoms with Crippen LogP contribution >= 0.6 is 0 Å². The van der Waals surface area contributed by atoms with E-state index in [9.17, 15) is 9.59 Å². The van der Waals surface area contributed by atoms with Crippen LogP contribution in [0.15, 0.2) is 49.3 Å². The van der Waals surface area contributed by atoms with Crippen molar-refractivity contribution in [2.24, 2.45) is 0 Å². The summed E-state index contributed by atoms with van der Waals surface area (Å²) < 4.78 is 0. The predicted molar refractivity (Wildman–Crippen MR) is 108 cm³/mol. The standard InChI is InChI=1S/C20H20N6O2/c1-2-17(27)24-14-8-4-7-13(9-14)23-16-11-22-19-18(26-16)15(10-21-19)20(28)25-12-5-3-6-12/h2,4,7-12H,1,3,5-6H2,(H,21,22)(H,23,26)(H,24,27)(H,25,28). The molecule has 3 aromatic rings. The molecular weight excluding hydrogens is 356 g/mol. The van der Waals surface area contributed by atoms with Crippen LogP contribution in [0.3, 0.4) is 0 Å². The lowest BCUT2D eigenvalue weighted by Gasteiger charge is -2.26.